The van der Waals surface area contributed by atoms with Crippen molar-refractivity contribution >= 4 is 0 Å². The normalized spacial score (nSPS) is 23.7. The maximum absolute atomic E-state index is 12.3. The molecule has 1 aliphatic rings. The van der Waals surface area contributed by atoms with E-state index in [0.717, 1.165) is 12.0 Å². The summed E-state index contributed by atoms with van der Waals surface area (Å²) in [7, 11) is 0. The van der Waals surface area contributed by atoms with Gasteiger partial charge in [0.05, 0.1) is 5.92 Å². The summed E-state index contributed by atoms with van der Waals surface area (Å²) in [6.07, 6.45) is 0.451. The van der Waals surface area contributed by atoms with Crippen molar-refractivity contribution < 1.29 is 13.2 Å². The lowest BCUT2D eigenvalue weighted by Gasteiger charge is -2.25. The predicted octanol–water partition coefficient (Wildman–Crippen LogP) is 3.01. The van der Waals surface area contributed by atoms with E-state index in [-0.39, 0.29) is 12.8 Å². The highest BCUT2D eigenvalue weighted by molar-refractivity contribution is 5.05. The van der Waals surface area contributed by atoms with Crippen LogP contribution < -0.4 is 5.73 Å². The standard InChI is InChI=1S/C10H16F3N/c11-10(12,13)9-5-3-8(4-6-9)2-1-7-14/h2,9H,1,3-7,14H2. The van der Waals surface area contributed by atoms with E-state index in [2.05, 4.69) is 0 Å². The Morgan fingerprint density at radius 1 is 1.29 bits per heavy atom. The second-order valence-electron chi connectivity index (χ2n) is 3.76. The van der Waals surface area contributed by atoms with Gasteiger partial charge < -0.3 is 5.73 Å². The zero-order chi connectivity index (χ0) is 10.6. The summed E-state index contributed by atoms with van der Waals surface area (Å²) >= 11 is 0. The highest BCUT2D eigenvalue weighted by Gasteiger charge is 2.40. The molecule has 2 N–H and O–H groups in total. The smallest absolute Gasteiger partial charge is 0.330 e. The summed E-state index contributed by atoms with van der Waals surface area (Å²) in [5, 5.41) is 0. The van der Waals surface area contributed by atoms with Gasteiger partial charge in [0.1, 0.15) is 0 Å². The molecule has 0 aliphatic heterocycles. The molecular formula is C10H16F3N. The van der Waals surface area contributed by atoms with Crippen molar-refractivity contribution in [2.24, 2.45) is 11.7 Å². The van der Waals surface area contributed by atoms with E-state index in [9.17, 15) is 13.2 Å². The lowest BCUT2D eigenvalue weighted by atomic mass is 9.85. The van der Waals surface area contributed by atoms with Gasteiger partial charge in [-0.15, -0.1) is 0 Å². The Labute approximate surface area is 82.2 Å². The molecule has 1 fully saturated rings. The van der Waals surface area contributed by atoms with Gasteiger partial charge in [0.25, 0.3) is 0 Å². The molecular weight excluding hydrogens is 191 g/mol. The van der Waals surface area contributed by atoms with Crippen LogP contribution in [0.5, 0.6) is 0 Å². The van der Waals surface area contributed by atoms with E-state index in [4.69, 9.17) is 5.73 Å². The van der Waals surface area contributed by atoms with Crippen LogP contribution in [0.25, 0.3) is 0 Å². The van der Waals surface area contributed by atoms with Crippen molar-refractivity contribution in [2.75, 3.05) is 6.54 Å². The molecule has 1 aliphatic carbocycles. The number of alkyl halides is 3. The first-order valence-electron chi connectivity index (χ1n) is 4.98. The third kappa shape index (κ3) is 3.33. The average molecular weight is 207 g/mol. The van der Waals surface area contributed by atoms with Crippen molar-refractivity contribution in [1.29, 1.82) is 0 Å². The molecule has 0 atom stereocenters. The van der Waals surface area contributed by atoms with E-state index in [1.165, 1.54) is 0 Å². The molecule has 0 amide bonds. The number of halogens is 3. The fraction of sp³-hybridized carbons (Fsp3) is 0.800. The Morgan fingerprint density at radius 3 is 2.29 bits per heavy atom. The molecule has 1 nitrogen and oxygen atoms in total. The van der Waals surface area contributed by atoms with Crippen LogP contribution in [-0.2, 0) is 0 Å². The van der Waals surface area contributed by atoms with E-state index >= 15 is 0 Å². The highest BCUT2D eigenvalue weighted by Crippen LogP contribution is 2.39. The SMILES string of the molecule is NCCC=C1CCC(C(F)(F)F)CC1. The number of nitrogens with two attached hydrogens (primary N) is 1. The fourth-order valence-electron chi connectivity index (χ4n) is 1.81. The molecule has 4 heteroatoms. The van der Waals surface area contributed by atoms with E-state index in [1.54, 1.807) is 0 Å². The van der Waals surface area contributed by atoms with Gasteiger partial charge in [-0.25, -0.2) is 0 Å². The molecule has 82 valence electrons. The molecule has 0 aromatic carbocycles. The van der Waals surface area contributed by atoms with Crippen molar-refractivity contribution in [2.45, 2.75) is 38.3 Å². The van der Waals surface area contributed by atoms with Crippen LogP contribution in [0.1, 0.15) is 32.1 Å². The topological polar surface area (TPSA) is 26.0 Å². The van der Waals surface area contributed by atoms with Crippen LogP contribution >= 0.6 is 0 Å². The second kappa shape index (κ2) is 4.82. The number of hydrogen-bond acceptors (Lipinski definition) is 1. The molecule has 0 bridgehead atoms. The van der Waals surface area contributed by atoms with Crippen molar-refractivity contribution in [3.63, 3.8) is 0 Å². The third-order valence-electron chi connectivity index (χ3n) is 2.69. The minimum atomic E-state index is -4.00. The summed E-state index contributed by atoms with van der Waals surface area (Å²) in [4.78, 5) is 0. The van der Waals surface area contributed by atoms with Crippen LogP contribution in [0, 0.1) is 5.92 Å². The quantitative estimate of drug-likeness (QED) is 0.692. The average Bonchev–Trinajstić information content (AvgIpc) is 2.14. The molecule has 0 aromatic rings. The number of allylic oxidation sites excluding steroid dienone is 1. The number of hydrogen-bond donors (Lipinski definition) is 1. The largest absolute Gasteiger partial charge is 0.391 e. The molecule has 0 radical (unpaired) electrons. The molecule has 1 saturated carbocycles. The minimum absolute atomic E-state index is 0.250. The van der Waals surface area contributed by atoms with Crippen LogP contribution in [0.2, 0.25) is 0 Å². The molecule has 0 spiro atoms. The second-order valence-corrected chi connectivity index (χ2v) is 3.76. The van der Waals surface area contributed by atoms with Gasteiger partial charge in [0.2, 0.25) is 0 Å². The van der Waals surface area contributed by atoms with Gasteiger partial charge in [0.15, 0.2) is 0 Å². The van der Waals surface area contributed by atoms with Crippen molar-refractivity contribution in [3.8, 4) is 0 Å². The van der Waals surface area contributed by atoms with E-state index in [0.29, 0.717) is 19.4 Å². The molecule has 0 saturated heterocycles. The maximum Gasteiger partial charge on any atom is 0.391 e. The van der Waals surface area contributed by atoms with Crippen LogP contribution in [0.3, 0.4) is 0 Å². The molecule has 1 rings (SSSR count). The van der Waals surface area contributed by atoms with Crippen molar-refractivity contribution in [1.82, 2.24) is 0 Å². The Kier molecular flexibility index (Phi) is 3.98. The molecule has 0 aromatic heterocycles. The Morgan fingerprint density at radius 2 is 1.86 bits per heavy atom. The lowest BCUT2D eigenvalue weighted by molar-refractivity contribution is -0.179. The Hall–Kier alpha value is -0.510. The van der Waals surface area contributed by atoms with Gasteiger partial charge in [-0.05, 0) is 38.6 Å². The van der Waals surface area contributed by atoms with Crippen LogP contribution in [-0.4, -0.2) is 12.7 Å². The van der Waals surface area contributed by atoms with E-state index < -0.39 is 12.1 Å². The summed E-state index contributed by atoms with van der Waals surface area (Å²) in [5.41, 5.74) is 6.47. The number of rotatable bonds is 2. The summed E-state index contributed by atoms with van der Waals surface area (Å²) in [6, 6.07) is 0. The minimum Gasteiger partial charge on any atom is -0.330 e. The Bertz CT molecular complexity index is 198. The molecule has 14 heavy (non-hydrogen) atoms. The lowest BCUT2D eigenvalue weighted by Crippen LogP contribution is -2.25. The first-order chi connectivity index (χ1) is 6.54. The van der Waals surface area contributed by atoms with Crippen molar-refractivity contribution in [3.05, 3.63) is 11.6 Å². The van der Waals surface area contributed by atoms with Gasteiger partial charge in [-0.3, -0.25) is 0 Å². The van der Waals surface area contributed by atoms with Crippen LogP contribution in [0.4, 0.5) is 13.2 Å². The maximum atomic E-state index is 12.3. The fourth-order valence-corrected chi connectivity index (χ4v) is 1.81. The zero-order valence-electron chi connectivity index (χ0n) is 8.11. The van der Waals surface area contributed by atoms with Gasteiger partial charge in [-0.1, -0.05) is 11.6 Å². The summed E-state index contributed by atoms with van der Waals surface area (Å²) < 4.78 is 36.8. The third-order valence-corrected chi connectivity index (χ3v) is 2.69. The molecule has 0 heterocycles. The van der Waals surface area contributed by atoms with Crippen LogP contribution in [0.15, 0.2) is 11.6 Å². The zero-order valence-corrected chi connectivity index (χ0v) is 8.11. The Balaban J connectivity index is 2.38. The summed E-state index contributed by atoms with van der Waals surface area (Å²) in [5.74, 6) is -1.09. The van der Waals surface area contributed by atoms with Gasteiger partial charge in [0, 0.05) is 0 Å². The predicted molar refractivity (Wildman–Crippen MR) is 49.8 cm³/mol. The first-order valence-corrected chi connectivity index (χ1v) is 4.98. The molecule has 0 unspecified atom stereocenters. The van der Waals surface area contributed by atoms with E-state index in [1.807, 2.05) is 6.08 Å². The first kappa shape index (κ1) is 11.6. The van der Waals surface area contributed by atoms with Gasteiger partial charge in [-0.2, -0.15) is 13.2 Å². The highest BCUT2D eigenvalue weighted by atomic mass is 19.4. The van der Waals surface area contributed by atoms with Gasteiger partial charge >= 0.3 is 6.18 Å². The summed E-state index contributed by atoms with van der Waals surface area (Å²) in [6.45, 7) is 0.576. The monoisotopic (exact) mass is 207 g/mol.